The summed E-state index contributed by atoms with van der Waals surface area (Å²) in [4.78, 5) is 11.7. The van der Waals surface area contributed by atoms with Gasteiger partial charge in [0.1, 0.15) is 11.6 Å². The Kier molecular flexibility index (Phi) is 4.98. The number of halogens is 3. The Labute approximate surface area is 128 Å². The van der Waals surface area contributed by atoms with Gasteiger partial charge in [0.25, 0.3) is 5.91 Å². The van der Waals surface area contributed by atoms with E-state index >= 15 is 0 Å². The zero-order chi connectivity index (χ0) is 14.5. The topological polar surface area (TPSA) is 38.3 Å². The Hall–Kier alpha value is -1.59. The van der Waals surface area contributed by atoms with Crippen LogP contribution in [0, 0.1) is 5.82 Å². The molecule has 0 radical (unpaired) electrons. The van der Waals surface area contributed by atoms with Crippen LogP contribution in [0.5, 0.6) is 5.75 Å². The number of benzene rings is 2. The van der Waals surface area contributed by atoms with E-state index in [4.69, 9.17) is 16.3 Å². The van der Waals surface area contributed by atoms with Gasteiger partial charge in [-0.05, 0) is 36.4 Å². The highest BCUT2D eigenvalue weighted by Gasteiger charge is 2.06. The second-order valence-electron chi connectivity index (χ2n) is 3.92. The maximum Gasteiger partial charge on any atom is 0.262 e. The van der Waals surface area contributed by atoms with E-state index in [1.807, 2.05) is 12.1 Å². The number of amides is 1. The molecule has 0 aromatic heterocycles. The fourth-order valence-corrected chi connectivity index (χ4v) is 1.83. The molecule has 1 N–H and O–H groups in total. The van der Waals surface area contributed by atoms with Crippen molar-refractivity contribution in [2.75, 3.05) is 11.9 Å². The first-order chi connectivity index (χ1) is 9.54. The van der Waals surface area contributed by atoms with Gasteiger partial charge in [0.15, 0.2) is 6.61 Å². The fraction of sp³-hybridized carbons (Fsp3) is 0.0714. The molecule has 20 heavy (non-hydrogen) atoms. The number of rotatable bonds is 4. The Bertz CT molecular complexity index is 619. The van der Waals surface area contributed by atoms with Gasteiger partial charge in [-0.2, -0.15) is 0 Å². The second-order valence-corrected chi connectivity index (χ2v) is 5.24. The Morgan fingerprint density at radius 1 is 1.25 bits per heavy atom. The normalized spacial score (nSPS) is 10.2. The molecule has 6 heteroatoms. The molecule has 0 spiro atoms. The van der Waals surface area contributed by atoms with E-state index in [0.717, 1.165) is 10.5 Å². The van der Waals surface area contributed by atoms with Crippen molar-refractivity contribution in [2.45, 2.75) is 0 Å². The highest BCUT2D eigenvalue weighted by atomic mass is 79.9. The molecule has 0 saturated carbocycles. The number of carbonyl (C=O) groups is 1. The first-order valence-electron chi connectivity index (χ1n) is 5.68. The molecular weight excluding hydrogens is 349 g/mol. The molecule has 104 valence electrons. The van der Waals surface area contributed by atoms with E-state index in [1.165, 1.54) is 12.1 Å². The Balaban J connectivity index is 1.88. The van der Waals surface area contributed by atoms with Gasteiger partial charge in [-0.3, -0.25) is 4.79 Å². The van der Waals surface area contributed by atoms with Crippen molar-refractivity contribution in [3.8, 4) is 5.75 Å². The van der Waals surface area contributed by atoms with Crippen LogP contribution >= 0.6 is 27.5 Å². The molecule has 2 aromatic carbocycles. The van der Waals surface area contributed by atoms with Crippen LogP contribution in [0.4, 0.5) is 10.1 Å². The van der Waals surface area contributed by atoms with Crippen LogP contribution in [0.2, 0.25) is 5.02 Å². The lowest BCUT2D eigenvalue weighted by Gasteiger charge is -2.08. The molecule has 0 unspecified atom stereocenters. The summed E-state index contributed by atoms with van der Waals surface area (Å²) in [6.07, 6.45) is 0. The third-order valence-electron chi connectivity index (χ3n) is 2.39. The minimum Gasteiger partial charge on any atom is -0.484 e. The minimum absolute atomic E-state index is 0.0108. The van der Waals surface area contributed by atoms with Crippen LogP contribution in [0.1, 0.15) is 0 Å². The number of carbonyl (C=O) groups excluding carboxylic acids is 1. The van der Waals surface area contributed by atoms with Gasteiger partial charge in [0, 0.05) is 16.2 Å². The van der Waals surface area contributed by atoms with Gasteiger partial charge in [0.2, 0.25) is 0 Å². The van der Waals surface area contributed by atoms with Crippen molar-refractivity contribution >= 4 is 39.1 Å². The predicted octanol–water partition coefficient (Wildman–Crippen LogP) is 4.26. The molecule has 0 bridgehead atoms. The zero-order valence-electron chi connectivity index (χ0n) is 10.2. The summed E-state index contributed by atoms with van der Waals surface area (Å²) in [7, 11) is 0. The molecule has 3 nitrogen and oxygen atoms in total. The quantitative estimate of drug-likeness (QED) is 0.887. The summed E-state index contributed by atoms with van der Waals surface area (Å²) < 4.78 is 19.3. The first-order valence-corrected chi connectivity index (χ1v) is 6.85. The third kappa shape index (κ3) is 4.21. The van der Waals surface area contributed by atoms with Crippen molar-refractivity contribution in [2.24, 2.45) is 0 Å². The molecule has 0 aliphatic heterocycles. The van der Waals surface area contributed by atoms with Crippen molar-refractivity contribution in [3.05, 3.63) is 57.8 Å². The van der Waals surface area contributed by atoms with Gasteiger partial charge in [-0.15, -0.1) is 0 Å². The van der Waals surface area contributed by atoms with Crippen LogP contribution < -0.4 is 10.1 Å². The molecule has 1 amide bonds. The molecule has 0 aliphatic carbocycles. The number of ether oxygens (including phenoxy) is 1. The first kappa shape index (κ1) is 14.8. The number of nitrogens with one attached hydrogen (secondary N) is 1. The number of anilines is 1. The highest BCUT2D eigenvalue weighted by Crippen LogP contribution is 2.20. The van der Waals surface area contributed by atoms with Gasteiger partial charge >= 0.3 is 0 Å². The van der Waals surface area contributed by atoms with E-state index < -0.39 is 5.82 Å². The van der Waals surface area contributed by atoms with E-state index in [1.54, 1.807) is 12.1 Å². The summed E-state index contributed by atoms with van der Waals surface area (Å²) in [6.45, 7) is -0.211. The molecule has 0 aliphatic rings. The lowest BCUT2D eigenvalue weighted by Crippen LogP contribution is -2.20. The summed E-state index contributed by atoms with van der Waals surface area (Å²) in [5.74, 6) is -0.668. The van der Waals surface area contributed by atoms with Crippen molar-refractivity contribution in [1.29, 1.82) is 0 Å². The van der Waals surface area contributed by atoms with Crippen molar-refractivity contribution in [3.63, 3.8) is 0 Å². The van der Waals surface area contributed by atoms with E-state index in [0.29, 0.717) is 5.69 Å². The number of hydrogen-bond acceptors (Lipinski definition) is 2. The Morgan fingerprint density at radius 2 is 1.95 bits per heavy atom. The molecule has 2 aromatic rings. The summed E-state index contributed by atoms with van der Waals surface area (Å²) in [5, 5.41) is 2.67. The van der Waals surface area contributed by atoms with Crippen LogP contribution in [0.3, 0.4) is 0 Å². The predicted molar refractivity (Wildman–Crippen MR) is 79.7 cm³/mol. The van der Waals surface area contributed by atoms with Crippen LogP contribution in [-0.2, 0) is 4.79 Å². The second kappa shape index (κ2) is 6.72. The monoisotopic (exact) mass is 357 g/mol. The lowest BCUT2D eigenvalue weighted by atomic mass is 10.3. The standard InChI is InChI=1S/C14H10BrClFNO2/c15-9-1-3-10(4-2-9)18-14(19)8-20-11-5-6-12(16)13(17)7-11/h1-7H,8H2,(H,18,19). The van der Waals surface area contributed by atoms with Gasteiger partial charge in [-0.1, -0.05) is 27.5 Å². The Morgan fingerprint density at radius 3 is 2.60 bits per heavy atom. The molecule has 2 rings (SSSR count). The molecule has 0 fully saturated rings. The van der Waals surface area contributed by atoms with Crippen LogP contribution in [0.15, 0.2) is 46.9 Å². The van der Waals surface area contributed by atoms with E-state index in [9.17, 15) is 9.18 Å². The smallest absolute Gasteiger partial charge is 0.262 e. The summed E-state index contributed by atoms with van der Waals surface area (Å²) >= 11 is 8.85. The lowest BCUT2D eigenvalue weighted by molar-refractivity contribution is -0.118. The largest absolute Gasteiger partial charge is 0.484 e. The zero-order valence-corrected chi connectivity index (χ0v) is 12.5. The van der Waals surface area contributed by atoms with E-state index in [-0.39, 0.29) is 23.3 Å². The highest BCUT2D eigenvalue weighted by molar-refractivity contribution is 9.10. The fourth-order valence-electron chi connectivity index (χ4n) is 1.45. The van der Waals surface area contributed by atoms with Gasteiger partial charge < -0.3 is 10.1 Å². The van der Waals surface area contributed by atoms with Gasteiger partial charge in [0.05, 0.1) is 5.02 Å². The van der Waals surface area contributed by atoms with Gasteiger partial charge in [-0.25, -0.2) is 4.39 Å². The average molecular weight is 359 g/mol. The number of hydrogen-bond donors (Lipinski definition) is 1. The van der Waals surface area contributed by atoms with Crippen molar-refractivity contribution < 1.29 is 13.9 Å². The maximum absolute atomic E-state index is 13.2. The minimum atomic E-state index is -0.586. The molecule has 0 saturated heterocycles. The third-order valence-corrected chi connectivity index (χ3v) is 3.22. The van der Waals surface area contributed by atoms with Crippen LogP contribution in [0.25, 0.3) is 0 Å². The maximum atomic E-state index is 13.2. The molecule has 0 atom stereocenters. The van der Waals surface area contributed by atoms with Crippen molar-refractivity contribution in [1.82, 2.24) is 0 Å². The van der Waals surface area contributed by atoms with Crippen LogP contribution in [-0.4, -0.2) is 12.5 Å². The molecule has 0 heterocycles. The SMILES string of the molecule is O=C(COc1ccc(Cl)c(F)c1)Nc1ccc(Br)cc1. The average Bonchev–Trinajstić information content (AvgIpc) is 2.43. The van der Waals surface area contributed by atoms with E-state index in [2.05, 4.69) is 21.2 Å². The summed E-state index contributed by atoms with van der Waals surface area (Å²) in [6, 6.07) is 11.1. The summed E-state index contributed by atoms with van der Waals surface area (Å²) in [5.41, 5.74) is 0.657. The molecular formula is C14H10BrClFNO2.